The minimum Gasteiger partial charge on any atom is -0.479 e. The molecule has 4 N–H and O–H groups in total. The number of carbonyl (C=O) groups excluding carboxylic acids is 1. The smallest absolute Gasteiger partial charge is 0.352 e. The van der Waals surface area contributed by atoms with Crippen molar-refractivity contribution in [2.45, 2.75) is 35.4 Å². The predicted molar refractivity (Wildman–Crippen MR) is 146 cm³/mol. The highest BCUT2D eigenvalue weighted by Crippen LogP contribution is 2.41. The number of hydrogen-bond acceptors (Lipinski definition) is 8. The first-order valence-electron chi connectivity index (χ1n) is 11.1. The lowest BCUT2D eigenvalue weighted by Gasteiger charge is -2.49. The normalized spacial score (nSPS) is 19.4. The Morgan fingerprint density at radius 1 is 1.26 bits per heavy atom. The molecular weight excluding hydrogens is 595 g/mol. The molecule has 38 heavy (non-hydrogen) atoms. The number of aliphatic carboxylic acids is 2. The van der Waals surface area contributed by atoms with Crippen molar-refractivity contribution in [2.24, 2.45) is 0 Å². The van der Waals surface area contributed by atoms with E-state index in [0.717, 1.165) is 10.5 Å². The van der Waals surface area contributed by atoms with Gasteiger partial charge in [-0.2, -0.15) is 0 Å². The molecular formula is C23H21Cl2N4O6S3+. The van der Waals surface area contributed by atoms with Crippen LogP contribution >= 0.6 is 58.9 Å². The topological polar surface area (TPSA) is 144 Å². The Labute approximate surface area is 241 Å². The van der Waals surface area contributed by atoms with Gasteiger partial charge < -0.3 is 20.6 Å². The Morgan fingerprint density at radius 3 is 2.53 bits per heavy atom. The highest BCUT2D eigenvalue weighted by atomic mass is 35.5. The molecule has 2 aromatic heterocycles. The number of amides is 1. The highest BCUT2D eigenvalue weighted by molar-refractivity contribution is 8.01. The molecule has 1 saturated heterocycles. The first kappa shape index (κ1) is 28.6. The van der Waals surface area contributed by atoms with E-state index in [2.05, 4.69) is 10.3 Å². The second-order valence-electron chi connectivity index (χ2n) is 8.38. The summed E-state index contributed by atoms with van der Waals surface area (Å²) in [4.78, 5) is 42.3. The standard InChI is InChI=1S/C23H20Cl2N4O6S3/c24-15-5-11(6-16(25)26-15)7-17(36)27-18-20(31)29-19(23(34)35)12(10-38-21(18)29)9-37-13-1-3-28(4-2-13)8-14(30)22(32)33/h1-6,14,18,21,30H,7-10H2,(H2-,27,32,33,34,35,36)/p+1/t14?,18-,21-/m1/s1. The number of nitrogens with zero attached hydrogens (tertiary/aromatic N) is 3. The molecule has 1 amide bonds. The zero-order chi connectivity index (χ0) is 27.6. The van der Waals surface area contributed by atoms with E-state index < -0.39 is 29.5 Å². The SMILES string of the molecule is O=C(O)C1=C(CSc2cc[n+](CC(O)C(=O)O)cc2)CS[C@@H]2[C@H](NC(=S)Cc3cc(Cl)nc(Cl)c3)C(=O)N12. The molecule has 0 spiro atoms. The third-order valence-electron chi connectivity index (χ3n) is 5.70. The molecule has 2 aliphatic rings. The molecule has 200 valence electrons. The first-order valence-corrected chi connectivity index (χ1v) is 14.3. The largest absolute Gasteiger partial charge is 0.479 e. The number of rotatable bonds is 10. The summed E-state index contributed by atoms with van der Waals surface area (Å²) < 4.78 is 1.54. The fourth-order valence-electron chi connectivity index (χ4n) is 3.93. The molecule has 0 aliphatic carbocycles. The molecule has 0 saturated carbocycles. The number of halogens is 2. The van der Waals surface area contributed by atoms with Crippen LogP contribution in [0.2, 0.25) is 10.3 Å². The number of β-lactam (4-membered cyclic amide) rings is 1. The number of carbonyl (C=O) groups is 3. The summed E-state index contributed by atoms with van der Waals surface area (Å²) in [6.45, 7) is -0.0909. The van der Waals surface area contributed by atoms with Crippen molar-refractivity contribution in [3.05, 3.63) is 63.8 Å². The van der Waals surface area contributed by atoms with E-state index in [4.69, 9.17) is 40.5 Å². The van der Waals surface area contributed by atoms with E-state index in [9.17, 15) is 24.6 Å². The third-order valence-corrected chi connectivity index (χ3v) is 8.78. The quantitative estimate of drug-likeness (QED) is 0.102. The third kappa shape index (κ3) is 6.58. The van der Waals surface area contributed by atoms with Crippen molar-refractivity contribution in [1.29, 1.82) is 0 Å². The van der Waals surface area contributed by atoms with Gasteiger partial charge in [0.2, 0.25) is 6.10 Å². The molecule has 4 heterocycles. The molecule has 2 aromatic rings. The van der Waals surface area contributed by atoms with Crippen molar-refractivity contribution in [3.8, 4) is 0 Å². The Bertz CT molecular complexity index is 1310. The Morgan fingerprint density at radius 2 is 1.92 bits per heavy atom. The number of nitrogens with one attached hydrogen (secondary N) is 1. The van der Waals surface area contributed by atoms with Crippen LogP contribution in [0.3, 0.4) is 0 Å². The van der Waals surface area contributed by atoms with Crippen molar-refractivity contribution in [2.75, 3.05) is 11.5 Å². The summed E-state index contributed by atoms with van der Waals surface area (Å²) in [5.41, 5.74) is 1.35. The predicted octanol–water partition coefficient (Wildman–Crippen LogP) is 2.00. The number of thioether (sulfide) groups is 2. The number of aliphatic hydroxyl groups excluding tert-OH is 1. The van der Waals surface area contributed by atoms with E-state index >= 15 is 0 Å². The summed E-state index contributed by atoms with van der Waals surface area (Å²) in [7, 11) is 0. The molecule has 0 aromatic carbocycles. The first-order chi connectivity index (χ1) is 18.0. The van der Waals surface area contributed by atoms with Gasteiger partial charge in [0.1, 0.15) is 27.4 Å². The van der Waals surface area contributed by atoms with Gasteiger partial charge in [-0.1, -0.05) is 35.4 Å². The molecule has 0 bridgehead atoms. The van der Waals surface area contributed by atoms with Crippen LogP contribution in [0.1, 0.15) is 5.56 Å². The van der Waals surface area contributed by atoms with Gasteiger partial charge in [0.05, 0.1) is 4.99 Å². The Hall–Kier alpha value is -2.42. The number of aliphatic hydroxyl groups is 1. The van der Waals surface area contributed by atoms with Crippen LogP contribution in [0.15, 0.2) is 52.8 Å². The van der Waals surface area contributed by atoms with E-state index in [0.29, 0.717) is 28.5 Å². The van der Waals surface area contributed by atoms with Gasteiger partial charge in [-0.15, -0.1) is 23.5 Å². The lowest BCUT2D eigenvalue weighted by atomic mass is 10.0. The highest BCUT2D eigenvalue weighted by Gasteiger charge is 2.53. The second kappa shape index (κ2) is 12.2. The molecule has 1 unspecified atom stereocenters. The minimum atomic E-state index is -1.51. The van der Waals surface area contributed by atoms with Crippen LogP contribution in [-0.4, -0.2) is 77.1 Å². The van der Waals surface area contributed by atoms with Crippen LogP contribution < -0.4 is 9.88 Å². The van der Waals surface area contributed by atoms with E-state index in [-0.39, 0.29) is 28.5 Å². The Kier molecular flexibility index (Phi) is 9.16. The van der Waals surface area contributed by atoms with E-state index in [1.165, 1.54) is 28.4 Å². The van der Waals surface area contributed by atoms with E-state index in [1.54, 1.807) is 41.2 Å². The molecule has 0 radical (unpaired) electrons. The number of pyridine rings is 2. The number of carboxylic acid groups (broad SMARTS) is 2. The van der Waals surface area contributed by atoms with Crippen LogP contribution in [-0.2, 0) is 27.3 Å². The Balaban J connectivity index is 1.38. The molecule has 3 atom stereocenters. The number of carboxylic acids is 2. The molecule has 15 heteroatoms. The maximum atomic E-state index is 13.0. The number of thiocarbonyl (C=S) groups is 1. The maximum absolute atomic E-state index is 13.0. The van der Waals surface area contributed by atoms with Gasteiger partial charge in [-0.3, -0.25) is 9.69 Å². The van der Waals surface area contributed by atoms with Gasteiger partial charge in [0, 0.05) is 35.0 Å². The number of aromatic nitrogens is 2. The van der Waals surface area contributed by atoms with Gasteiger partial charge >= 0.3 is 11.9 Å². The summed E-state index contributed by atoms with van der Waals surface area (Å²) in [5, 5.41) is 31.3. The summed E-state index contributed by atoms with van der Waals surface area (Å²) in [6, 6.07) is 6.11. The average Bonchev–Trinajstić information content (AvgIpc) is 2.85. The zero-order valence-electron chi connectivity index (χ0n) is 19.4. The molecule has 4 rings (SSSR count). The van der Waals surface area contributed by atoms with E-state index in [1.807, 2.05) is 0 Å². The molecule has 10 nitrogen and oxygen atoms in total. The number of fused-ring (bicyclic) bond motifs is 1. The van der Waals surface area contributed by atoms with Crippen LogP contribution in [0.5, 0.6) is 0 Å². The van der Waals surface area contributed by atoms with Crippen LogP contribution in [0.25, 0.3) is 0 Å². The monoisotopic (exact) mass is 615 g/mol. The van der Waals surface area contributed by atoms with Crippen molar-refractivity contribution < 1.29 is 34.3 Å². The van der Waals surface area contributed by atoms with Crippen molar-refractivity contribution >= 4 is 81.8 Å². The van der Waals surface area contributed by atoms with Gasteiger partial charge in [0.15, 0.2) is 18.9 Å². The lowest BCUT2D eigenvalue weighted by molar-refractivity contribution is -0.702. The number of hydrogen-bond donors (Lipinski definition) is 4. The average molecular weight is 617 g/mol. The van der Waals surface area contributed by atoms with Crippen molar-refractivity contribution in [3.63, 3.8) is 0 Å². The van der Waals surface area contributed by atoms with Gasteiger partial charge in [0.25, 0.3) is 5.91 Å². The van der Waals surface area contributed by atoms with Gasteiger partial charge in [-0.25, -0.2) is 19.1 Å². The van der Waals surface area contributed by atoms with Crippen LogP contribution in [0, 0.1) is 0 Å². The zero-order valence-corrected chi connectivity index (χ0v) is 23.4. The van der Waals surface area contributed by atoms with Gasteiger partial charge in [-0.05, 0) is 23.3 Å². The maximum Gasteiger partial charge on any atom is 0.352 e. The second-order valence-corrected chi connectivity index (χ2v) is 11.8. The molecule has 1 fully saturated rings. The summed E-state index contributed by atoms with van der Waals surface area (Å²) in [6.07, 6.45) is 2.06. The fourth-order valence-corrected chi connectivity index (χ4v) is 7.10. The summed E-state index contributed by atoms with van der Waals surface area (Å²) >= 11 is 20.1. The lowest BCUT2D eigenvalue weighted by Crippen LogP contribution is -2.70. The summed E-state index contributed by atoms with van der Waals surface area (Å²) in [5.74, 6) is -2.06. The molecule has 2 aliphatic heterocycles. The fraction of sp³-hybridized carbons (Fsp3) is 0.304. The van der Waals surface area contributed by atoms with Crippen molar-refractivity contribution in [1.82, 2.24) is 15.2 Å². The van der Waals surface area contributed by atoms with Crippen LogP contribution in [0.4, 0.5) is 0 Å². The minimum absolute atomic E-state index is 0.0153.